The van der Waals surface area contributed by atoms with Crippen LogP contribution in [0.3, 0.4) is 0 Å². The number of aliphatic hydroxyl groups is 1. The molecule has 0 amide bonds. The van der Waals surface area contributed by atoms with E-state index in [9.17, 15) is 9.90 Å². The standard InChI is InChI=1S/C28H34O9/c1-13-8-16-9-19-24(35-12-34-19)26-20(16)21-17(10-18(31-5)23(32-6)25(21)33-7)22(15(13)3)36-27(30)28(4,37-26)14(2)11-29/h9-10,13-15,22,29H,8,11-12H2,1-7H3. The molecule has 9 nitrogen and oxygen atoms in total. The van der Waals surface area contributed by atoms with Crippen molar-refractivity contribution in [3.05, 3.63) is 23.3 Å². The minimum atomic E-state index is -1.52. The van der Waals surface area contributed by atoms with Crippen molar-refractivity contribution in [2.75, 3.05) is 34.7 Å². The molecular weight excluding hydrogens is 480 g/mol. The van der Waals surface area contributed by atoms with Crippen molar-refractivity contribution in [1.82, 2.24) is 0 Å². The lowest BCUT2D eigenvalue weighted by atomic mass is 9.76. The van der Waals surface area contributed by atoms with Crippen molar-refractivity contribution in [3.63, 3.8) is 0 Å². The van der Waals surface area contributed by atoms with Gasteiger partial charge in [-0.2, -0.15) is 0 Å². The summed E-state index contributed by atoms with van der Waals surface area (Å²) in [6.45, 7) is 7.34. The number of benzene rings is 2. The average molecular weight is 515 g/mol. The molecule has 0 saturated carbocycles. The van der Waals surface area contributed by atoms with Gasteiger partial charge in [0.05, 0.1) is 27.9 Å². The second kappa shape index (κ2) is 9.20. The summed E-state index contributed by atoms with van der Waals surface area (Å²) in [7, 11) is 4.67. The second-order valence-electron chi connectivity index (χ2n) is 10.2. The smallest absolute Gasteiger partial charge is 0.351 e. The maximum Gasteiger partial charge on any atom is 0.351 e. The molecule has 0 fully saturated rings. The zero-order chi connectivity index (χ0) is 26.6. The van der Waals surface area contributed by atoms with Gasteiger partial charge in [-0.05, 0) is 37.0 Å². The molecule has 5 unspecified atom stereocenters. The molecule has 0 spiro atoms. The number of methoxy groups -OCH3 is 3. The van der Waals surface area contributed by atoms with Gasteiger partial charge in [-0.15, -0.1) is 0 Å². The van der Waals surface area contributed by atoms with Crippen LogP contribution in [-0.4, -0.2) is 51.4 Å². The van der Waals surface area contributed by atoms with Crippen LogP contribution in [-0.2, 0) is 16.0 Å². The highest BCUT2D eigenvalue weighted by molar-refractivity contribution is 5.91. The Morgan fingerprint density at radius 2 is 1.78 bits per heavy atom. The van der Waals surface area contributed by atoms with Gasteiger partial charge in [0.15, 0.2) is 23.0 Å². The monoisotopic (exact) mass is 514 g/mol. The van der Waals surface area contributed by atoms with Crippen LogP contribution in [0.15, 0.2) is 12.1 Å². The van der Waals surface area contributed by atoms with E-state index >= 15 is 0 Å². The van der Waals surface area contributed by atoms with Gasteiger partial charge >= 0.3 is 5.97 Å². The molecule has 0 saturated heterocycles. The second-order valence-corrected chi connectivity index (χ2v) is 10.2. The van der Waals surface area contributed by atoms with Crippen molar-refractivity contribution in [2.24, 2.45) is 17.8 Å². The minimum absolute atomic E-state index is 0.0236. The van der Waals surface area contributed by atoms with E-state index < -0.39 is 23.6 Å². The third kappa shape index (κ3) is 3.66. The number of esters is 1. The molecule has 2 aromatic rings. The number of carbonyl (C=O) groups excluding carboxylic acids is 1. The summed E-state index contributed by atoms with van der Waals surface area (Å²) in [5.41, 5.74) is 1.55. The van der Waals surface area contributed by atoms with Crippen molar-refractivity contribution in [1.29, 1.82) is 0 Å². The zero-order valence-electron chi connectivity index (χ0n) is 22.3. The van der Waals surface area contributed by atoms with Crippen LogP contribution >= 0.6 is 0 Å². The number of carbonyl (C=O) groups is 1. The lowest BCUT2D eigenvalue weighted by Gasteiger charge is -2.35. The van der Waals surface area contributed by atoms with E-state index in [0.29, 0.717) is 52.0 Å². The maximum atomic E-state index is 13.9. The summed E-state index contributed by atoms with van der Waals surface area (Å²) in [5.74, 6) is 1.45. The van der Waals surface area contributed by atoms with E-state index in [2.05, 4.69) is 13.8 Å². The summed E-state index contributed by atoms with van der Waals surface area (Å²) in [4.78, 5) is 13.9. The molecular formula is C28H34O9. The van der Waals surface area contributed by atoms with Gasteiger partial charge in [0.25, 0.3) is 0 Å². The van der Waals surface area contributed by atoms with Crippen LogP contribution in [0.2, 0.25) is 0 Å². The Hall–Kier alpha value is -3.33. The third-order valence-corrected chi connectivity index (χ3v) is 8.20. The van der Waals surface area contributed by atoms with Gasteiger partial charge in [0, 0.05) is 28.5 Å². The van der Waals surface area contributed by atoms with Gasteiger partial charge in [0.1, 0.15) is 6.10 Å². The molecule has 200 valence electrons. The first-order valence-electron chi connectivity index (χ1n) is 12.5. The molecule has 1 N–H and O–H groups in total. The average Bonchev–Trinajstić information content (AvgIpc) is 3.37. The molecule has 37 heavy (non-hydrogen) atoms. The number of ether oxygens (including phenoxy) is 7. The molecule has 2 bridgehead atoms. The van der Waals surface area contributed by atoms with Crippen molar-refractivity contribution in [3.8, 4) is 45.6 Å². The summed E-state index contributed by atoms with van der Waals surface area (Å²) >= 11 is 0. The highest BCUT2D eigenvalue weighted by Crippen LogP contribution is 2.60. The molecule has 9 heteroatoms. The fraction of sp³-hybridized carbons (Fsp3) is 0.536. The Bertz CT molecular complexity index is 1240. The van der Waals surface area contributed by atoms with E-state index in [-0.39, 0.29) is 25.2 Å². The molecule has 2 aliphatic heterocycles. The van der Waals surface area contributed by atoms with E-state index in [0.717, 1.165) is 11.1 Å². The van der Waals surface area contributed by atoms with E-state index in [1.54, 1.807) is 35.2 Å². The first-order chi connectivity index (χ1) is 17.7. The van der Waals surface area contributed by atoms with Crippen LogP contribution in [0, 0.1) is 17.8 Å². The SMILES string of the molecule is COc1cc2c(c(OC)c1OC)-c1c3cc4c(c1OC(C)(C(C)CO)C(=O)OC2C(C)C(C)C3)OCO4. The molecule has 2 heterocycles. The molecule has 2 aromatic carbocycles. The largest absolute Gasteiger partial charge is 0.493 e. The highest BCUT2D eigenvalue weighted by Gasteiger charge is 2.50. The van der Waals surface area contributed by atoms with Crippen LogP contribution < -0.4 is 28.4 Å². The lowest BCUT2D eigenvalue weighted by Crippen LogP contribution is -2.50. The van der Waals surface area contributed by atoms with Crippen LogP contribution in [0.25, 0.3) is 11.1 Å². The van der Waals surface area contributed by atoms with Gasteiger partial charge in [-0.1, -0.05) is 20.8 Å². The van der Waals surface area contributed by atoms with Crippen LogP contribution in [0.4, 0.5) is 0 Å². The maximum absolute atomic E-state index is 13.9. The number of aliphatic hydroxyl groups excluding tert-OH is 1. The van der Waals surface area contributed by atoms with Crippen molar-refractivity contribution >= 4 is 5.97 Å². The molecule has 0 aromatic heterocycles. The molecule has 0 radical (unpaired) electrons. The minimum Gasteiger partial charge on any atom is -0.493 e. The van der Waals surface area contributed by atoms with Crippen molar-refractivity contribution in [2.45, 2.75) is 45.8 Å². The van der Waals surface area contributed by atoms with Crippen molar-refractivity contribution < 1.29 is 43.1 Å². The molecule has 1 aliphatic carbocycles. The predicted molar refractivity (Wildman–Crippen MR) is 134 cm³/mol. The number of hydrogen-bond acceptors (Lipinski definition) is 9. The third-order valence-electron chi connectivity index (χ3n) is 8.20. The number of rotatable bonds is 5. The highest BCUT2D eigenvalue weighted by atomic mass is 16.7. The van der Waals surface area contributed by atoms with E-state index in [4.69, 9.17) is 33.2 Å². The first-order valence-corrected chi connectivity index (χ1v) is 12.5. The Kier molecular flexibility index (Phi) is 6.30. The number of fused-ring (bicyclic) bond motifs is 2. The summed E-state index contributed by atoms with van der Waals surface area (Å²) in [6.07, 6.45) is 0.0189. The van der Waals surface area contributed by atoms with Gasteiger partial charge in [-0.25, -0.2) is 4.79 Å². The van der Waals surface area contributed by atoms with Crippen LogP contribution in [0.1, 0.15) is 44.9 Å². The summed E-state index contributed by atoms with van der Waals surface area (Å²) < 4.78 is 42.0. The Morgan fingerprint density at radius 3 is 2.43 bits per heavy atom. The molecule has 3 aliphatic rings. The Balaban J connectivity index is 1.98. The normalized spacial score (nSPS) is 26.4. The predicted octanol–water partition coefficient (Wildman–Crippen LogP) is 4.30. The topological polar surface area (TPSA) is 102 Å². The fourth-order valence-corrected chi connectivity index (χ4v) is 5.50. The van der Waals surface area contributed by atoms with E-state index in [1.165, 1.54) is 0 Å². The number of hydrogen-bond donors (Lipinski definition) is 1. The molecule has 5 atom stereocenters. The molecule has 5 rings (SSSR count). The Morgan fingerprint density at radius 1 is 1.05 bits per heavy atom. The fourth-order valence-electron chi connectivity index (χ4n) is 5.50. The summed E-state index contributed by atoms with van der Waals surface area (Å²) in [6, 6.07) is 3.82. The Labute approximate surface area is 216 Å². The quantitative estimate of drug-likeness (QED) is 0.585. The lowest BCUT2D eigenvalue weighted by molar-refractivity contribution is -0.176. The summed E-state index contributed by atoms with van der Waals surface area (Å²) in [5, 5.41) is 10.1. The van der Waals surface area contributed by atoms with Gasteiger partial charge < -0.3 is 38.3 Å². The zero-order valence-corrected chi connectivity index (χ0v) is 22.3. The van der Waals surface area contributed by atoms with Gasteiger partial charge in [0.2, 0.25) is 23.9 Å². The van der Waals surface area contributed by atoms with Crippen LogP contribution in [0.5, 0.6) is 34.5 Å². The first kappa shape index (κ1) is 25.3. The van der Waals surface area contributed by atoms with Gasteiger partial charge in [-0.3, -0.25) is 0 Å². The van der Waals surface area contributed by atoms with E-state index in [1.807, 2.05) is 12.1 Å².